The van der Waals surface area contributed by atoms with Crippen molar-refractivity contribution < 1.29 is 0 Å². The van der Waals surface area contributed by atoms with E-state index in [4.69, 9.17) is 18.0 Å². The van der Waals surface area contributed by atoms with E-state index in [9.17, 15) is 0 Å². The number of anilines is 1. The van der Waals surface area contributed by atoms with Crippen molar-refractivity contribution in [2.75, 3.05) is 5.32 Å². The summed E-state index contributed by atoms with van der Waals surface area (Å²) in [4.78, 5) is 6.21. The lowest BCUT2D eigenvalue weighted by molar-refractivity contribution is 0.793. The van der Waals surface area contributed by atoms with E-state index >= 15 is 0 Å². The van der Waals surface area contributed by atoms with Crippen molar-refractivity contribution in [3.63, 3.8) is 0 Å². The minimum Gasteiger partial charge on any atom is -0.389 e. The van der Waals surface area contributed by atoms with Crippen LogP contribution in [0.1, 0.15) is 23.1 Å². The second-order valence-electron chi connectivity index (χ2n) is 4.54. The molecule has 2 heterocycles. The molecule has 0 aliphatic carbocycles. The molecule has 100 valence electrons. The number of thiophene rings is 1. The van der Waals surface area contributed by atoms with Crippen molar-refractivity contribution >= 4 is 34.4 Å². The van der Waals surface area contributed by atoms with Crippen LogP contribution in [-0.2, 0) is 6.42 Å². The van der Waals surface area contributed by atoms with Gasteiger partial charge in [-0.25, -0.2) is 4.98 Å². The Balaban J connectivity index is 2.13. The first kappa shape index (κ1) is 14.0. The standard InChI is InChI=1S/C14H17N3S2/c1-9-5-6-12(13(15)18)14(16-9)17-10(2)8-11-4-3-7-19-11/h3-7,10H,8H2,1-2H3,(H2,15,18)(H,16,17). The molecule has 0 amide bonds. The van der Waals surface area contributed by atoms with Gasteiger partial charge >= 0.3 is 0 Å². The van der Waals surface area contributed by atoms with Gasteiger partial charge in [0.1, 0.15) is 10.8 Å². The normalized spacial score (nSPS) is 12.1. The molecule has 3 nitrogen and oxygen atoms in total. The maximum atomic E-state index is 5.73. The maximum absolute atomic E-state index is 5.73. The molecule has 0 saturated heterocycles. The van der Waals surface area contributed by atoms with Crippen molar-refractivity contribution in [2.45, 2.75) is 26.3 Å². The average Bonchev–Trinajstić information content (AvgIpc) is 2.81. The number of nitrogens with one attached hydrogen (secondary N) is 1. The summed E-state index contributed by atoms with van der Waals surface area (Å²) in [5.41, 5.74) is 7.48. The van der Waals surface area contributed by atoms with Crippen molar-refractivity contribution in [2.24, 2.45) is 5.73 Å². The van der Waals surface area contributed by atoms with Gasteiger partial charge in [0, 0.05) is 23.0 Å². The van der Waals surface area contributed by atoms with Gasteiger partial charge < -0.3 is 11.1 Å². The highest BCUT2D eigenvalue weighted by molar-refractivity contribution is 7.80. The molecule has 0 aliphatic heterocycles. The molecule has 0 fully saturated rings. The number of nitrogens with zero attached hydrogens (tertiary/aromatic N) is 1. The summed E-state index contributed by atoms with van der Waals surface area (Å²) in [5, 5.41) is 5.49. The molecule has 1 atom stereocenters. The zero-order valence-corrected chi connectivity index (χ0v) is 12.6. The highest BCUT2D eigenvalue weighted by Gasteiger charge is 2.11. The van der Waals surface area contributed by atoms with Crippen LogP contribution >= 0.6 is 23.6 Å². The first-order valence-corrected chi connectivity index (χ1v) is 7.41. The summed E-state index contributed by atoms with van der Waals surface area (Å²) in [6, 6.07) is 8.33. The number of nitrogens with two attached hydrogens (primary N) is 1. The van der Waals surface area contributed by atoms with Crippen LogP contribution in [0.5, 0.6) is 0 Å². The number of hydrogen-bond acceptors (Lipinski definition) is 4. The van der Waals surface area contributed by atoms with Crippen LogP contribution in [0, 0.1) is 6.92 Å². The summed E-state index contributed by atoms with van der Waals surface area (Å²) in [6.45, 7) is 4.09. The van der Waals surface area contributed by atoms with Gasteiger partial charge in [-0.15, -0.1) is 11.3 Å². The fourth-order valence-corrected chi connectivity index (χ4v) is 2.88. The number of hydrogen-bond donors (Lipinski definition) is 2. The van der Waals surface area contributed by atoms with Gasteiger partial charge in [0.25, 0.3) is 0 Å². The third-order valence-electron chi connectivity index (χ3n) is 2.77. The second-order valence-corrected chi connectivity index (χ2v) is 6.01. The van der Waals surface area contributed by atoms with Crippen molar-refractivity contribution in [1.29, 1.82) is 0 Å². The minimum atomic E-state index is 0.279. The molecule has 2 aromatic heterocycles. The molecule has 0 aromatic carbocycles. The predicted molar refractivity (Wildman–Crippen MR) is 86.0 cm³/mol. The summed E-state index contributed by atoms with van der Waals surface area (Å²) in [7, 11) is 0. The van der Waals surface area contributed by atoms with Gasteiger partial charge in [0.15, 0.2) is 0 Å². The van der Waals surface area contributed by atoms with Crippen LogP contribution in [0.25, 0.3) is 0 Å². The van der Waals surface area contributed by atoms with Crippen LogP contribution in [0.4, 0.5) is 5.82 Å². The molecule has 1 unspecified atom stereocenters. The Morgan fingerprint density at radius 1 is 1.47 bits per heavy atom. The third kappa shape index (κ3) is 3.75. The van der Waals surface area contributed by atoms with Gasteiger partial charge in [0.2, 0.25) is 0 Å². The molecule has 5 heteroatoms. The molecule has 2 rings (SSSR count). The molecule has 2 aromatic rings. The van der Waals surface area contributed by atoms with Crippen LogP contribution < -0.4 is 11.1 Å². The van der Waals surface area contributed by atoms with Gasteiger partial charge in [-0.2, -0.15) is 0 Å². The van der Waals surface area contributed by atoms with E-state index in [0.29, 0.717) is 4.99 Å². The summed E-state index contributed by atoms with van der Waals surface area (Å²) >= 11 is 6.83. The number of pyridine rings is 1. The average molecular weight is 291 g/mol. The second kappa shape index (κ2) is 6.12. The molecule has 3 N–H and O–H groups in total. The Hall–Kier alpha value is -1.46. The monoisotopic (exact) mass is 291 g/mol. The third-order valence-corrected chi connectivity index (χ3v) is 3.89. The quantitative estimate of drug-likeness (QED) is 0.831. The first-order valence-electron chi connectivity index (χ1n) is 6.12. The number of rotatable bonds is 5. The van der Waals surface area contributed by atoms with E-state index < -0.39 is 0 Å². The van der Waals surface area contributed by atoms with Crippen LogP contribution in [-0.4, -0.2) is 16.0 Å². The fourth-order valence-electron chi connectivity index (χ4n) is 1.88. The summed E-state index contributed by atoms with van der Waals surface area (Å²) in [6.07, 6.45) is 0.962. The summed E-state index contributed by atoms with van der Waals surface area (Å²) in [5.74, 6) is 0.775. The van der Waals surface area contributed by atoms with Crippen LogP contribution in [0.15, 0.2) is 29.6 Å². The first-order chi connectivity index (χ1) is 9.06. The highest BCUT2D eigenvalue weighted by atomic mass is 32.1. The van der Waals surface area contributed by atoms with Crippen LogP contribution in [0.3, 0.4) is 0 Å². The van der Waals surface area contributed by atoms with E-state index in [2.05, 4.69) is 34.7 Å². The number of aryl methyl sites for hydroxylation is 1. The zero-order chi connectivity index (χ0) is 13.8. The SMILES string of the molecule is Cc1ccc(C(N)=S)c(NC(C)Cc2cccs2)n1. The highest BCUT2D eigenvalue weighted by Crippen LogP contribution is 2.17. The van der Waals surface area contributed by atoms with E-state index in [1.54, 1.807) is 11.3 Å². The maximum Gasteiger partial charge on any atom is 0.136 e. The lowest BCUT2D eigenvalue weighted by Crippen LogP contribution is -2.22. The van der Waals surface area contributed by atoms with E-state index in [1.165, 1.54) is 4.88 Å². The molecule has 0 spiro atoms. The van der Waals surface area contributed by atoms with Crippen molar-refractivity contribution in [3.05, 3.63) is 45.8 Å². The smallest absolute Gasteiger partial charge is 0.136 e. The van der Waals surface area contributed by atoms with Crippen molar-refractivity contribution in [3.8, 4) is 0 Å². The van der Waals surface area contributed by atoms with E-state index in [0.717, 1.165) is 23.5 Å². The minimum absolute atomic E-state index is 0.279. The van der Waals surface area contributed by atoms with Gasteiger partial charge in [-0.1, -0.05) is 18.3 Å². The molecule has 19 heavy (non-hydrogen) atoms. The molecular formula is C14H17N3S2. The van der Waals surface area contributed by atoms with Crippen LogP contribution in [0.2, 0.25) is 0 Å². The van der Waals surface area contributed by atoms with Gasteiger partial charge in [0.05, 0.1) is 5.56 Å². The lowest BCUT2D eigenvalue weighted by Gasteiger charge is -2.16. The fraction of sp³-hybridized carbons (Fsp3) is 0.286. The number of aromatic nitrogens is 1. The Labute approximate surface area is 122 Å². The molecular weight excluding hydrogens is 274 g/mol. The number of thiocarbonyl (C=S) groups is 1. The molecule has 0 bridgehead atoms. The summed E-state index contributed by atoms with van der Waals surface area (Å²) < 4.78 is 0. The molecule has 0 aliphatic rings. The Morgan fingerprint density at radius 3 is 2.89 bits per heavy atom. The predicted octanol–water partition coefficient (Wildman–Crippen LogP) is 3.13. The van der Waals surface area contributed by atoms with E-state index in [1.807, 2.05) is 19.1 Å². The zero-order valence-electron chi connectivity index (χ0n) is 11.0. The van der Waals surface area contributed by atoms with Crippen molar-refractivity contribution in [1.82, 2.24) is 4.98 Å². The Kier molecular flexibility index (Phi) is 4.50. The molecule has 0 saturated carbocycles. The Morgan fingerprint density at radius 2 is 2.26 bits per heavy atom. The van der Waals surface area contributed by atoms with Gasteiger partial charge in [-0.3, -0.25) is 0 Å². The largest absolute Gasteiger partial charge is 0.389 e. The Bertz CT molecular complexity index is 564. The lowest BCUT2D eigenvalue weighted by atomic mass is 10.2. The topological polar surface area (TPSA) is 50.9 Å². The molecule has 0 radical (unpaired) electrons. The van der Waals surface area contributed by atoms with E-state index in [-0.39, 0.29) is 6.04 Å². The van der Waals surface area contributed by atoms with Gasteiger partial charge in [-0.05, 0) is 37.4 Å².